The van der Waals surface area contributed by atoms with E-state index in [-0.39, 0.29) is 24.8 Å². The van der Waals surface area contributed by atoms with Crippen LogP contribution in [0.1, 0.15) is 12.8 Å². The molecular formula is C8H18Cl2N2O. The van der Waals surface area contributed by atoms with Crippen LogP contribution in [-0.2, 0) is 4.74 Å². The molecule has 3 nitrogen and oxygen atoms in total. The van der Waals surface area contributed by atoms with Crippen LogP contribution >= 0.6 is 24.8 Å². The van der Waals surface area contributed by atoms with E-state index in [1.807, 2.05) is 0 Å². The molecule has 0 unspecified atom stereocenters. The molecule has 0 aromatic heterocycles. The van der Waals surface area contributed by atoms with Crippen LogP contribution in [0.3, 0.4) is 0 Å². The van der Waals surface area contributed by atoms with Crippen molar-refractivity contribution in [2.24, 2.45) is 0 Å². The summed E-state index contributed by atoms with van der Waals surface area (Å²) in [6.45, 7) is 5.09. The predicted octanol–water partition coefficient (Wildman–Crippen LogP) is 0.572. The minimum absolute atomic E-state index is 0. The van der Waals surface area contributed by atoms with E-state index in [9.17, 15) is 0 Å². The van der Waals surface area contributed by atoms with Gasteiger partial charge in [-0.3, -0.25) is 0 Å². The van der Waals surface area contributed by atoms with Crippen LogP contribution in [0, 0.1) is 0 Å². The highest BCUT2D eigenvalue weighted by molar-refractivity contribution is 5.85. The molecule has 2 aliphatic heterocycles. The molecule has 13 heavy (non-hydrogen) atoms. The summed E-state index contributed by atoms with van der Waals surface area (Å²) in [5.74, 6) is 0. The lowest BCUT2D eigenvalue weighted by Crippen LogP contribution is -2.58. The normalized spacial score (nSPS) is 25.8. The summed E-state index contributed by atoms with van der Waals surface area (Å²) < 4.78 is 5.47. The van der Waals surface area contributed by atoms with Gasteiger partial charge in [0.2, 0.25) is 0 Å². The van der Waals surface area contributed by atoms with Gasteiger partial charge in [-0.15, -0.1) is 24.8 Å². The molecular weight excluding hydrogens is 211 g/mol. The van der Waals surface area contributed by atoms with E-state index in [0.717, 1.165) is 32.8 Å². The predicted molar refractivity (Wildman–Crippen MR) is 58.2 cm³/mol. The SMILES string of the molecule is C1CC2(CCN1)COCCN2.Cl.Cl. The van der Waals surface area contributed by atoms with E-state index < -0.39 is 0 Å². The summed E-state index contributed by atoms with van der Waals surface area (Å²) in [4.78, 5) is 0. The minimum atomic E-state index is 0. The maximum Gasteiger partial charge on any atom is 0.0649 e. The Bertz CT molecular complexity index is 115. The smallest absolute Gasteiger partial charge is 0.0649 e. The van der Waals surface area contributed by atoms with Gasteiger partial charge in [0, 0.05) is 12.1 Å². The quantitative estimate of drug-likeness (QED) is 0.637. The summed E-state index contributed by atoms with van der Waals surface area (Å²) in [6.07, 6.45) is 2.43. The van der Waals surface area contributed by atoms with Gasteiger partial charge in [0.05, 0.1) is 13.2 Å². The number of morpholine rings is 1. The summed E-state index contributed by atoms with van der Waals surface area (Å²) in [5, 5.41) is 6.93. The molecule has 1 spiro atoms. The van der Waals surface area contributed by atoms with E-state index in [0.29, 0.717) is 5.54 Å². The molecule has 2 aliphatic rings. The van der Waals surface area contributed by atoms with Crippen molar-refractivity contribution in [1.29, 1.82) is 0 Å². The lowest BCUT2D eigenvalue weighted by Gasteiger charge is -2.41. The summed E-state index contributed by atoms with van der Waals surface area (Å²) in [5.41, 5.74) is 0.323. The van der Waals surface area contributed by atoms with Gasteiger partial charge in [-0.25, -0.2) is 0 Å². The van der Waals surface area contributed by atoms with Crippen LogP contribution in [0.2, 0.25) is 0 Å². The first-order chi connectivity index (χ1) is 5.41. The van der Waals surface area contributed by atoms with Gasteiger partial charge in [0.1, 0.15) is 0 Å². The van der Waals surface area contributed by atoms with Gasteiger partial charge < -0.3 is 15.4 Å². The fraction of sp³-hybridized carbons (Fsp3) is 1.00. The van der Waals surface area contributed by atoms with Crippen molar-refractivity contribution in [3.8, 4) is 0 Å². The monoisotopic (exact) mass is 228 g/mol. The highest BCUT2D eigenvalue weighted by Gasteiger charge is 2.33. The molecule has 0 saturated carbocycles. The topological polar surface area (TPSA) is 33.3 Å². The number of rotatable bonds is 0. The maximum absolute atomic E-state index is 5.47. The Morgan fingerprint density at radius 2 is 1.69 bits per heavy atom. The van der Waals surface area contributed by atoms with Gasteiger partial charge in [0.25, 0.3) is 0 Å². The second-order valence-electron chi connectivity index (χ2n) is 3.51. The maximum atomic E-state index is 5.47. The van der Waals surface area contributed by atoms with Gasteiger partial charge in [-0.1, -0.05) is 0 Å². The van der Waals surface area contributed by atoms with Crippen molar-refractivity contribution in [3.63, 3.8) is 0 Å². The molecule has 5 heteroatoms. The van der Waals surface area contributed by atoms with E-state index in [4.69, 9.17) is 4.74 Å². The van der Waals surface area contributed by atoms with Crippen LogP contribution in [-0.4, -0.2) is 38.4 Å². The second kappa shape index (κ2) is 6.04. The number of nitrogens with one attached hydrogen (secondary N) is 2. The average Bonchev–Trinajstić information content (AvgIpc) is 2.07. The molecule has 0 bridgehead atoms. The second-order valence-corrected chi connectivity index (χ2v) is 3.51. The van der Waals surface area contributed by atoms with Crippen LogP contribution in [0.15, 0.2) is 0 Å². The number of hydrogen-bond donors (Lipinski definition) is 2. The Kier molecular flexibility index (Phi) is 6.25. The lowest BCUT2D eigenvalue weighted by molar-refractivity contribution is 0.0129. The fourth-order valence-corrected chi connectivity index (χ4v) is 1.93. The van der Waals surface area contributed by atoms with E-state index in [1.54, 1.807) is 0 Å². The summed E-state index contributed by atoms with van der Waals surface area (Å²) in [7, 11) is 0. The highest BCUT2D eigenvalue weighted by atomic mass is 35.5. The van der Waals surface area contributed by atoms with Crippen molar-refractivity contribution in [1.82, 2.24) is 10.6 Å². The van der Waals surface area contributed by atoms with Crippen molar-refractivity contribution < 1.29 is 4.74 Å². The van der Waals surface area contributed by atoms with Crippen LogP contribution < -0.4 is 10.6 Å². The molecule has 0 amide bonds. The van der Waals surface area contributed by atoms with Gasteiger partial charge in [-0.05, 0) is 25.9 Å². The molecule has 0 aromatic carbocycles. The largest absolute Gasteiger partial charge is 0.378 e. The Labute approximate surface area is 91.8 Å². The van der Waals surface area contributed by atoms with E-state index in [1.165, 1.54) is 12.8 Å². The molecule has 2 saturated heterocycles. The van der Waals surface area contributed by atoms with Gasteiger partial charge in [0.15, 0.2) is 0 Å². The Morgan fingerprint density at radius 3 is 2.23 bits per heavy atom. The standard InChI is InChI=1S/C8H16N2O.2ClH/c1-3-9-4-2-8(1)7-11-6-5-10-8;;/h9-10H,1-7H2;2*1H. The minimum Gasteiger partial charge on any atom is -0.378 e. The van der Waals surface area contributed by atoms with Crippen molar-refractivity contribution >= 4 is 24.8 Å². The Balaban J connectivity index is 0.000000720. The van der Waals surface area contributed by atoms with Crippen LogP contribution in [0.25, 0.3) is 0 Å². The summed E-state index contributed by atoms with van der Waals surface area (Å²) >= 11 is 0. The summed E-state index contributed by atoms with van der Waals surface area (Å²) in [6, 6.07) is 0. The zero-order valence-electron chi connectivity index (χ0n) is 7.67. The first-order valence-corrected chi connectivity index (χ1v) is 4.45. The van der Waals surface area contributed by atoms with Gasteiger partial charge in [-0.2, -0.15) is 0 Å². The highest BCUT2D eigenvalue weighted by Crippen LogP contribution is 2.20. The molecule has 2 heterocycles. The molecule has 2 rings (SSSR count). The van der Waals surface area contributed by atoms with Crippen LogP contribution in [0.4, 0.5) is 0 Å². The average molecular weight is 229 g/mol. The fourth-order valence-electron chi connectivity index (χ4n) is 1.93. The first kappa shape index (κ1) is 13.5. The third-order valence-electron chi connectivity index (χ3n) is 2.69. The number of piperidine rings is 1. The molecule has 0 atom stereocenters. The molecule has 0 aromatic rings. The van der Waals surface area contributed by atoms with Crippen molar-refractivity contribution in [2.45, 2.75) is 18.4 Å². The van der Waals surface area contributed by atoms with Crippen LogP contribution in [0.5, 0.6) is 0 Å². The molecule has 2 fully saturated rings. The molecule has 2 N–H and O–H groups in total. The van der Waals surface area contributed by atoms with Crippen molar-refractivity contribution in [2.75, 3.05) is 32.8 Å². The third-order valence-corrected chi connectivity index (χ3v) is 2.69. The zero-order valence-corrected chi connectivity index (χ0v) is 9.31. The molecule has 80 valence electrons. The Hall–Kier alpha value is 0.460. The molecule has 0 radical (unpaired) electrons. The van der Waals surface area contributed by atoms with E-state index >= 15 is 0 Å². The Morgan fingerprint density at radius 1 is 1.00 bits per heavy atom. The number of ether oxygens (including phenoxy) is 1. The number of hydrogen-bond acceptors (Lipinski definition) is 3. The van der Waals surface area contributed by atoms with E-state index in [2.05, 4.69) is 10.6 Å². The lowest BCUT2D eigenvalue weighted by atomic mass is 9.88. The number of halogens is 2. The van der Waals surface area contributed by atoms with Crippen molar-refractivity contribution in [3.05, 3.63) is 0 Å². The zero-order chi connectivity index (χ0) is 7.57. The third kappa shape index (κ3) is 3.26. The van der Waals surface area contributed by atoms with Gasteiger partial charge >= 0.3 is 0 Å². The molecule has 0 aliphatic carbocycles. The first-order valence-electron chi connectivity index (χ1n) is 4.45.